The van der Waals surface area contributed by atoms with Gasteiger partial charge in [0.2, 0.25) is 0 Å². The topological polar surface area (TPSA) is 59.3 Å². The number of furan rings is 1. The van der Waals surface area contributed by atoms with Crippen LogP contribution in [0.3, 0.4) is 0 Å². The standard InChI is InChI=1S/C20H17Cl2NO3S/c21-15-3-1-14(2-4-15)11-12-23-20(24)19-10-7-17(26-19)13-27(25)18-8-5-16(22)6-9-18/h1-10H,11-13H2,(H,23,24). The van der Waals surface area contributed by atoms with E-state index in [9.17, 15) is 9.00 Å². The zero-order chi connectivity index (χ0) is 19.2. The van der Waals surface area contributed by atoms with Crippen molar-refractivity contribution in [3.8, 4) is 0 Å². The molecule has 1 unspecified atom stereocenters. The van der Waals surface area contributed by atoms with Gasteiger partial charge < -0.3 is 9.73 Å². The number of halogens is 2. The third-order valence-electron chi connectivity index (χ3n) is 3.85. The Morgan fingerprint density at radius 3 is 2.22 bits per heavy atom. The molecule has 0 fully saturated rings. The van der Waals surface area contributed by atoms with Crippen LogP contribution in [0.5, 0.6) is 0 Å². The van der Waals surface area contributed by atoms with Gasteiger partial charge in [-0.15, -0.1) is 0 Å². The van der Waals surface area contributed by atoms with Crippen LogP contribution in [0.4, 0.5) is 0 Å². The fourth-order valence-corrected chi connectivity index (χ4v) is 3.71. The van der Waals surface area contributed by atoms with Gasteiger partial charge in [-0.1, -0.05) is 35.3 Å². The van der Waals surface area contributed by atoms with E-state index < -0.39 is 10.8 Å². The highest BCUT2D eigenvalue weighted by Gasteiger charge is 2.13. The molecule has 7 heteroatoms. The first-order valence-corrected chi connectivity index (χ1v) is 10.3. The monoisotopic (exact) mass is 421 g/mol. The van der Waals surface area contributed by atoms with Gasteiger partial charge in [-0.2, -0.15) is 0 Å². The third kappa shape index (κ3) is 5.70. The molecule has 0 aliphatic heterocycles. The van der Waals surface area contributed by atoms with Crippen molar-refractivity contribution < 1.29 is 13.4 Å². The van der Waals surface area contributed by atoms with Crippen molar-refractivity contribution in [2.45, 2.75) is 17.1 Å². The molecule has 0 aliphatic rings. The molecule has 1 N–H and O–H groups in total. The molecule has 3 aromatic rings. The van der Waals surface area contributed by atoms with Crippen molar-refractivity contribution in [3.05, 3.63) is 87.8 Å². The number of rotatable bonds is 7. The summed E-state index contributed by atoms with van der Waals surface area (Å²) >= 11 is 11.7. The number of nitrogens with one attached hydrogen (secondary N) is 1. The zero-order valence-corrected chi connectivity index (χ0v) is 16.6. The van der Waals surface area contributed by atoms with Crippen LogP contribution in [0.1, 0.15) is 21.9 Å². The van der Waals surface area contributed by atoms with Crippen LogP contribution in [0.15, 0.2) is 70.0 Å². The van der Waals surface area contributed by atoms with E-state index in [2.05, 4.69) is 5.32 Å². The molecule has 1 atom stereocenters. The molecule has 140 valence electrons. The lowest BCUT2D eigenvalue weighted by molar-refractivity contribution is 0.0925. The van der Waals surface area contributed by atoms with Gasteiger partial charge in [0, 0.05) is 21.5 Å². The molecule has 1 amide bonds. The van der Waals surface area contributed by atoms with Crippen LogP contribution < -0.4 is 5.32 Å². The Hall–Kier alpha value is -2.08. The highest BCUT2D eigenvalue weighted by atomic mass is 35.5. The largest absolute Gasteiger partial charge is 0.455 e. The molecule has 0 spiro atoms. The minimum absolute atomic E-state index is 0.194. The lowest BCUT2D eigenvalue weighted by atomic mass is 10.1. The van der Waals surface area contributed by atoms with E-state index >= 15 is 0 Å². The Bertz CT molecular complexity index is 937. The minimum atomic E-state index is -1.27. The van der Waals surface area contributed by atoms with Crippen molar-refractivity contribution in [2.75, 3.05) is 6.54 Å². The lowest BCUT2D eigenvalue weighted by Gasteiger charge is -2.04. The maximum absolute atomic E-state index is 12.4. The Morgan fingerprint density at radius 1 is 0.926 bits per heavy atom. The molecular weight excluding hydrogens is 405 g/mol. The summed E-state index contributed by atoms with van der Waals surface area (Å²) < 4.78 is 17.9. The third-order valence-corrected chi connectivity index (χ3v) is 5.70. The molecule has 3 rings (SSSR count). The van der Waals surface area contributed by atoms with Gasteiger partial charge in [0.1, 0.15) is 5.76 Å². The summed E-state index contributed by atoms with van der Waals surface area (Å²) in [5.74, 6) is 0.590. The summed E-state index contributed by atoms with van der Waals surface area (Å²) in [5, 5.41) is 4.08. The summed E-state index contributed by atoms with van der Waals surface area (Å²) in [7, 11) is -1.27. The Balaban J connectivity index is 1.51. The molecule has 0 radical (unpaired) electrons. The molecule has 2 aromatic carbocycles. The minimum Gasteiger partial charge on any atom is -0.455 e. The molecule has 0 saturated carbocycles. The Morgan fingerprint density at radius 2 is 1.56 bits per heavy atom. The van der Waals surface area contributed by atoms with Crippen molar-refractivity contribution in [3.63, 3.8) is 0 Å². The van der Waals surface area contributed by atoms with Gasteiger partial charge in [0.15, 0.2) is 5.76 Å². The van der Waals surface area contributed by atoms with Gasteiger partial charge in [-0.05, 0) is 60.5 Å². The molecule has 0 saturated heterocycles. The molecule has 0 aliphatic carbocycles. The van der Waals surface area contributed by atoms with Crippen LogP contribution in [0.2, 0.25) is 10.0 Å². The van der Waals surface area contributed by atoms with E-state index in [0.717, 1.165) is 5.56 Å². The van der Waals surface area contributed by atoms with Gasteiger partial charge >= 0.3 is 0 Å². The van der Waals surface area contributed by atoms with Crippen LogP contribution in [-0.4, -0.2) is 16.7 Å². The van der Waals surface area contributed by atoms with E-state index in [4.69, 9.17) is 27.6 Å². The van der Waals surface area contributed by atoms with Gasteiger partial charge in [-0.3, -0.25) is 9.00 Å². The summed E-state index contributed by atoms with van der Waals surface area (Å²) in [6.07, 6.45) is 0.692. The highest BCUT2D eigenvalue weighted by molar-refractivity contribution is 7.84. The summed E-state index contributed by atoms with van der Waals surface area (Å²) in [6, 6.07) is 17.5. The van der Waals surface area contributed by atoms with Crippen LogP contribution >= 0.6 is 23.2 Å². The van der Waals surface area contributed by atoms with E-state index in [0.29, 0.717) is 33.7 Å². The first-order valence-electron chi connectivity index (χ1n) is 8.26. The number of carbonyl (C=O) groups excluding carboxylic acids is 1. The summed E-state index contributed by atoms with van der Waals surface area (Å²) in [6.45, 7) is 0.479. The van der Waals surface area contributed by atoms with Crippen molar-refractivity contribution in [2.24, 2.45) is 0 Å². The van der Waals surface area contributed by atoms with Crippen LogP contribution in [0, 0.1) is 0 Å². The van der Waals surface area contributed by atoms with E-state index in [1.165, 1.54) is 0 Å². The Labute approximate surface area is 169 Å². The fourth-order valence-electron chi connectivity index (χ4n) is 2.43. The number of carbonyl (C=O) groups is 1. The fraction of sp³-hybridized carbons (Fsp3) is 0.150. The SMILES string of the molecule is O=C(NCCc1ccc(Cl)cc1)c1ccc(CS(=O)c2ccc(Cl)cc2)o1. The molecule has 1 aromatic heterocycles. The number of amides is 1. The second-order valence-corrected chi connectivity index (χ2v) is 8.17. The van der Waals surface area contributed by atoms with Gasteiger partial charge in [-0.25, -0.2) is 0 Å². The lowest BCUT2D eigenvalue weighted by Crippen LogP contribution is -2.25. The smallest absolute Gasteiger partial charge is 0.287 e. The quantitative estimate of drug-likeness (QED) is 0.591. The Kier molecular flexibility index (Phi) is 6.72. The van der Waals surface area contributed by atoms with E-state index in [1.54, 1.807) is 36.4 Å². The molecule has 1 heterocycles. The zero-order valence-electron chi connectivity index (χ0n) is 14.3. The predicted octanol–water partition coefficient (Wildman–Crippen LogP) is 4.87. The number of hydrogen-bond donors (Lipinski definition) is 1. The molecular formula is C20H17Cl2NO3S. The maximum Gasteiger partial charge on any atom is 0.287 e. The van der Waals surface area contributed by atoms with Crippen LogP contribution in [-0.2, 0) is 23.0 Å². The molecule has 27 heavy (non-hydrogen) atoms. The van der Waals surface area contributed by atoms with Crippen molar-refractivity contribution in [1.29, 1.82) is 0 Å². The maximum atomic E-state index is 12.4. The summed E-state index contributed by atoms with van der Waals surface area (Å²) in [4.78, 5) is 12.8. The van der Waals surface area contributed by atoms with Crippen molar-refractivity contribution in [1.82, 2.24) is 5.32 Å². The van der Waals surface area contributed by atoms with Gasteiger partial charge in [0.05, 0.1) is 16.6 Å². The first-order chi connectivity index (χ1) is 13.0. The normalized spacial score (nSPS) is 11.9. The second-order valence-electron chi connectivity index (χ2n) is 5.84. The average Bonchev–Trinajstić information content (AvgIpc) is 3.12. The molecule has 0 bridgehead atoms. The predicted molar refractivity (Wildman–Crippen MR) is 108 cm³/mol. The van der Waals surface area contributed by atoms with E-state index in [-0.39, 0.29) is 17.4 Å². The average molecular weight is 422 g/mol. The van der Waals surface area contributed by atoms with Crippen molar-refractivity contribution >= 4 is 39.9 Å². The number of benzene rings is 2. The first kappa shape index (κ1) is 19.7. The van der Waals surface area contributed by atoms with Gasteiger partial charge in [0.25, 0.3) is 5.91 Å². The van der Waals surface area contributed by atoms with E-state index in [1.807, 2.05) is 24.3 Å². The number of hydrogen-bond acceptors (Lipinski definition) is 3. The summed E-state index contributed by atoms with van der Waals surface area (Å²) in [5.41, 5.74) is 1.08. The highest BCUT2D eigenvalue weighted by Crippen LogP contribution is 2.17. The van der Waals surface area contributed by atoms with Crippen LogP contribution in [0.25, 0.3) is 0 Å². The molecule has 4 nitrogen and oxygen atoms in total. The second kappa shape index (κ2) is 9.22.